The fourth-order valence-electron chi connectivity index (χ4n) is 4.29. The molecular formula is C23H22F3N3O3. The zero-order valence-corrected chi connectivity index (χ0v) is 17.6. The van der Waals surface area contributed by atoms with Crippen LogP contribution in [0.25, 0.3) is 16.6 Å². The second kappa shape index (κ2) is 8.31. The molecule has 2 heterocycles. The summed E-state index contributed by atoms with van der Waals surface area (Å²) in [6.07, 6.45) is 2.59. The summed E-state index contributed by atoms with van der Waals surface area (Å²) < 4.78 is 44.7. The fraction of sp³-hybridized carbons (Fsp3) is 0.304. The van der Waals surface area contributed by atoms with Crippen LogP contribution in [0.15, 0.2) is 35.3 Å². The Bertz CT molecular complexity index is 1280. The molecule has 1 aliphatic rings. The Balaban J connectivity index is 2.02. The highest BCUT2D eigenvalue weighted by molar-refractivity contribution is 5.95. The van der Waals surface area contributed by atoms with E-state index in [1.165, 1.54) is 17.6 Å². The van der Waals surface area contributed by atoms with Gasteiger partial charge in [-0.2, -0.15) is 0 Å². The minimum Gasteiger partial charge on any atom is -0.477 e. The molecule has 1 aliphatic heterocycles. The molecule has 0 spiro atoms. The maximum Gasteiger partial charge on any atom is 0.341 e. The molecule has 0 bridgehead atoms. The third kappa shape index (κ3) is 3.62. The zero-order chi connectivity index (χ0) is 23.2. The van der Waals surface area contributed by atoms with E-state index in [2.05, 4.69) is 5.32 Å². The Labute approximate surface area is 181 Å². The number of benzene rings is 2. The Morgan fingerprint density at radius 3 is 2.41 bits per heavy atom. The molecule has 6 nitrogen and oxygen atoms in total. The molecule has 0 amide bonds. The van der Waals surface area contributed by atoms with Gasteiger partial charge in [0.2, 0.25) is 5.43 Å². The summed E-state index contributed by atoms with van der Waals surface area (Å²) in [5.74, 6) is -3.88. The predicted octanol–water partition coefficient (Wildman–Crippen LogP) is 3.60. The van der Waals surface area contributed by atoms with Crippen LogP contribution in [0.4, 0.5) is 18.9 Å². The number of nitrogens with one attached hydrogen (secondary N) is 1. The molecule has 0 radical (unpaired) electrons. The number of rotatable bonds is 4. The number of aromatic carboxylic acids is 1. The summed E-state index contributed by atoms with van der Waals surface area (Å²) >= 11 is 0. The van der Waals surface area contributed by atoms with Gasteiger partial charge in [0.1, 0.15) is 23.0 Å². The van der Waals surface area contributed by atoms with E-state index in [0.29, 0.717) is 25.2 Å². The van der Waals surface area contributed by atoms with Crippen LogP contribution in [0.1, 0.15) is 28.8 Å². The molecule has 1 fully saturated rings. The molecule has 0 saturated carbocycles. The number of pyridine rings is 1. The lowest BCUT2D eigenvalue weighted by Gasteiger charge is -2.34. The summed E-state index contributed by atoms with van der Waals surface area (Å²) in [6, 6.07) is 4.60. The summed E-state index contributed by atoms with van der Waals surface area (Å²) in [5, 5.41) is 12.6. The molecular weight excluding hydrogens is 423 g/mol. The van der Waals surface area contributed by atoms with E-state index >= 15 is 4.39 Å². The second-order valence-corrected chi connectivity index (χ2v) is 7.92. The molecule has 3 aromatic rings. The molecule has 9 heteroatoms. The first-order chi connectivity index (χ1) is 15.2. The molecule has 168 valence electrons. The van der Waals surface area contributed by atoms with Crippen molar-refractivity contribution in [3.05, 3.63) is 69.3 Å². The number of aromatic nitrogens is 1. The van der Waals surface area contributed by atoms with Crippen molar-refractivity contribution in [2.24, 2.45) is 0 Å². The predicted molar refractivity (Wildman–Crippen MR) is 115 cm³/mol. The van der Waals surface area contributed by atoms with Gasteiger partial charge in [0.25, 0.3) is 0 Å². The number of piperidine rings is 1. The quantitative estimate of drug-likeness (QED) is 0.642. The van der Waals surface area contributed by atoms with Crippen molar-refractivity contribution < 1.29 is 23.1 Å². The molecule has 1 saturated heterocycles. The van der Waals surface area contributed by atoms with Crippen molar-refractivity contribution in [1.29, 1.82) is 0 Å². The third-order valence-electron chi connectivity index (χ3n) is 6.09. The average molecular weight is 445 g/mol. The highest BCUT2D eigenvalue weighted by Crippen LogP contribution is 2.32. The monoisotopic (exact) mass is 445 g/mol. The maximum atomic E-state index is 15.4. The number of carbonyl (C=O) groups is 1. The van der Waals surface area contributed by atoms with E-state index in [1.807, 2.05) is 11.9 Å². The van der Waals surface area contributed by atoms with Crippen LogP contribution in [0.3, 0.4) is 0 Å². The fourth-order valence-corrected chi connectivity index (χ4v) is 4.29. The van der Waals surface area contributed by atoms with Crippen molar-refractivity contribution in [3.63, 3.8) is 0 Å². The number of aryl methyl sites for hydroxylation is 1. The van der Waals surface area contributed by atoms with Gasteiger partial charge in [0.15, 0.2) is 0 Å². The van der Waals surface area contributed by atoms with Crippen LogP contribution in [0.5, 0.6) is 0 Å². The van der Waals surface area contributed by atoms with E-state index in [1.54, 1.807) is 0 Å². The number of carboxylic acid groups (broad SMARTS) is 1. The highest BCUT2D eigenvalue weighted by atomic mass is 19.1. The van der Waals surface area contributed by atoms with Crippen LogP contribution >= 0.6 is 0 Å². The van der Waals surface area contributed by atoms with Gasteiger partial charge in [0, 0.05) is 37.0 Å². The minimum absolute atomic E-state index is 0.0161. The number of hydrogen-bond donors (Lipinski definition) is 2. The van der Waals surface area contributed by atoms with E-state index < -0.39 is 34.4 Å². The van der Waals surface area contributed by atoms with Gasteiger partial charge >= 0.3 is 5.97 Å². The lowest BCUT2D eigenvalue weighted by atomic mass is 10.0. The SMILES string of the molecule is CNC1CCN(c2cc3c(c(C)c2F)c(=O)c(C(=O)O)cn3-c2ccc(F)cc2F)CC1. The largest absolute Gasteiger partial charge is 0.477 e. The van der Waals surface area contributed by atoms with E-state index in [9.17, 15) is 23.5 Å². The lowest BCUT2D eigenvalue weighted by Crippen LogP contribution is -2.41. The van der Waals surface area contributed by atoms with Gasteiger partial charge in [-0.05, 0) is 45.0 Å². The standard InChI is InChI=1S/C23H22F3N3O3/c1-12-20-18(10-19(21(12)26)28-7-5-14(27-2)6-8-28)29(11-15(22(20)30)23(31)32)17-4-3-13(24)9-16(17)25/h3-4,9-11,14,27H,5-8H2,1-2H3,(H,31,32). The van der Waals surface area contributed by atoms with Crippen molar-refractivity contribution in [2.75, 3.05) is 25.0 Å². The van der Waals surface area contributed by atoms with Gasteiger partial charge in [-0.15, -0.1) is 0 Å². The van der Waals surface area contributed by atoms with E-state index in [4.69, 9.17) is 0 Å². The average Bonchev–Trinajstić information content (AvgIpc) is 2.76. The molecule has 0 unspecified atom stereocenters. The van der Waals surface area contributed by atoms with Gasteiger partial charge < -0.3 is 19.9 Å². The lowest BCUT2D eigenvalue weighted by molar-refractivity contribution is 0.0695. The number of nitrogens with zero attached hydrogens (tertiary/aromatic N) is 2. The molecule has 2 aromatic carbocycles. The number of carboxylic acids is 1. The van der Waals surface area contributed by atoms with Crippen molar-refractivity contribution in [2.45, 2.75) is 25.8 Å². The zero-order valence-electron chi connectivity index (χ0n) is 17.6. The Morgan fingerprint density at radius 1 is 1.12 bits per heavy atom. The number of hydrogen-bond acceptors (Lipinski definition) is 4. The maximum absolute atomic E-state index is 15.4. The van der Waals surface area contributed by atoms with E-state index in [-0.39, 0.29) is 27.8 Å². The smallest absolute Gasteiger partial charge is 0.341 e. The molecule has 4 rings (SSSR count). The number of halogens is 3. The summed E-state index contributed by atoms with van der Waals surface area (Å²) in [4.78, 5) is 26.4. The van der Waals surface area contributed by atoms with Gasteiger partial charge in [0.05, 0.1) is 22.3 Å². The number of anilines is 1. The Hall–Kier alpha value is -3.33. The first-order valence-electron chi connectivity index (χ1n) is 10.2. The molecule has 2 N–H and O–H groups in total. The second-order valence-electron chi connectivity index (χ2n) is 7.92. The van der Waals surface area contributed by atoms with Gasteiger partial charge in [-0.3, -0.25) is 4.79 Å². The first-order valence-corrected chi connectivity index (χ1v) is 10.2. The number of fused-ring (bicyclic) bond motifs is 1. The minimum atomic E-state index is -1.52. The topological polar surface area (TPSA) is 74.6 Å². The first kappa shape index (κ1) is 21.9. The van der Waals surface area contributed by atoms with E-state index in [0.717, 1.165) is 31.2 Å². The molecule has 0 aliphatic carbocycles. The summed E-state index contributed by atoms with van der Waals surface area (Å²) in [7, 11) is 1.87. The van der Waals surface area contributed by atoms with Crippen LogP contribution in [0, 0.1) is 24.4 Å². The van der Waals surface area contributed by atoms with Crippen molar-refractivity contribution >= 4 is 22.6 Å². The normalized spacial score (nSPS) is 14.8. The third-order valence-corrected chi connectivity index (χ3v) is 6.09. The van der Waals surface area contributed by atoms with Crippen molar-refractivity contribution in [1.82, 2.24) is 9.88 Å². The summed E-state index contributed by atoms with van der Waals surface area (Å²) in [6.45, 7) is 2.56. The Morgan fingerprint density at radius 2 is 1.81 bits per heavy atom. The summed E-state index contributed by atoms with van der Waals surface area (Å²) in [5.41, 5.74) is -1.25. The highest BCUT2D eigenvalue weighted by Gasteiger charge is 2.26. The van der Waals surface area contributed by atoms with Crippen molar-refractivity contribution in [3.8, 4) is 5.69 Å². The molecule has 32 heavy (non-hydrogen) atoms. The van der Waals surface area contributed by atoms with Crippen LogP contribution in [-0.2, 0) is 0 Å². The molecule has 1 aromatic heterocycles. The van der Waals surface area contributed by atoms with Gasteiger partial charge in [-0.25, -0.2) is 18.0 Å². The van der Waals surface area contributed by atoms with Gasteiger partial charge in [-0.1, -0.05) is 0 Å². The van der Waals surface area contributed by atoms with Crippen LogP contribution in [-0.4, -0.2) is 41.8 Å². The molecule has 0 atom stereocenters. The van der Waals surface area contributed by atoms with Crippen LogP contribution in [0.2, 0.25) is 0 Å². The Kier molecular flexibility index (Phi) is 5.68. The van der Waals surface area contributed by atoms with Crippen LogP contribution < -0.4 is 15.6 Å².